The van der Waals surface area contributed by atoms with E-state index in [-0.39, 0.29) is 10.8 Å². The van der Waals surface area contributed by atoms with Gasteiger partial charge in [0.15, 0.2) is 11.6 Å². The van der Waals surface area contributed by atoms with Crippen LogP contribution in [0.15, 0.2) is 24.4 Å². The predicted octanol–water partition coefficient (Wildman–Crippen LogP) is 3.91. The molecule has 0 atom stereocenters. The number of anilines is 1. The molecule has 2 aromatic rings. The lowest BCUT2D eigenvalue weighted by Crippen LogP contribution is -2.23. The van der Waals surface area contributed by atoms with Crippen molar-refractivity contribution in [2.45, 2.75) is 12.8 Å². The molecule has 1 N–H and O–H groups in total. The monoisotopic (exact) mass is 339 g/mol. The Bertz CT molecular complexity index is 693. The maximum Gasteiger partial charge on any atom is 0.213 e. The van der Waals surface area contributed by atoms with E-state index in [1.807, 2.05) is 0 Å². The molecule has 1 aliphatic heterocycles. The highest BCUT2D eigenvalue weighted by Gasteiger charge is 2.17. The lowest BCUT2D eigenvalue weighted by Gasteiger charge is -2.22. The van der Waals surface area contributed by atoms with Crippen LogP contribution in [0, 0.1) is 17.7 Å². The SMILES string of the molecule is Fc1cc(-c2nc(NCC3CCOCC3)c(F)cc2Cl)ccn1. The average molecular weight is 340 g/mol. The number of halogens is 3. The number of hydrogen-bond donors (Lipinski definition) is 1. The highest BCUT2D eigenvalue weighted by molar-refractivity contribution is 6.33. The Morgan fingerprint density at radius 1 is 1.26 bits per heavy atom. The van der Waals surface area contributed by atoms with Crippen molar-refractivity contribution in [1.29, 1.82) is 0 Å². The minimum Gasteiger partial charge on any atom is -0.381 e. The third-order valence-corrected chi connectivity index (χ3v) is 4.12. The molecule has 0 spiro atoms. The standard InChI is InChI=1S/C16H16ClF2N3O/c17-12-8-13(18)16(21-9-10-2-5-23-6-3-10)22-15(12)11-1-4-20-14(19)7-11/h1,4,7-8,10H,2-3,5-6,9H2,(H,21,22). The van der Waals surface area contributed by atoms with Gasteiger partial charge in [-0.1, -0.05) is 11.6 Å². The highest BCUT2D eigenvalue weighted by atomic mass is 35.5. The molecule has 0 radical (unpaired) electrons. The topological polar surface area (TPSA) is 47.0 Å². The summed E-state index contributed by atoms with van der Waals surface area (Å²) in [5.41, 5.74) is 0.778. The lowest BCUT2D eigenvalue weighted by molar-refractivity contribution is 0.0699. The van der Waals surface area contributed by atoms with Gasteiger partial charge in [-0.15, -0.1) is 0 Å². The molecule has 3 heterocycles. The molecule has 1 aliphatic rings. The lowest BCUT2D eigenvalue weighted by atomic mass is 10.0. The van der Waals surface area contributed by atoms with E-state index in [0.29, 0.717) is 23.7 Å². The molecule has 23 heavy (non-hydrogen) atoms. The Kier molecular flexibility index (Phi) is 5.03. The van der Waals surface area contributed by atoms with Gasteiger partial charge in [-0.05, 0) is 30.9 Å². The van der Waals surface area contributed by atoms with E-state index in [0.717, 1.165) is 26.1 Å². The molecule has 7 heteroatoms. The van der Waals surface area contributed by atoms with E-state index in [9.17, 15) is 8.78 Å². The van der Waals surface area contributed by atoms with Crippen LogP contribution in [-0.2, 0) is 4.74 Å². The van der Waals surface area contributed by atoms with Crippen LogP contribution in [0.1, 0.15) is 12.8 Å². The molecule has 1 saturated heterocycles. The van der Waals surface area contributed by atoms with Crippen LogP contribution in [0.5, 0.6) is 0 Å². The van der Waals surface area contributed by atoms with Gasteiger partial charge in [0.2, 0.25) is 5.95 Å². The van der Waals surface area contributed by atoms with Crippen molar-refractivity contribution in [3.05, 3.63) is 41.2 Å². The first-order valence-electron chi connectivity index (χ1n) is 7.43. The van der Waals surface area contributed by atoms with Gasteiger partial charge in [0.1, 0.15) is 0 Å². The van der Waals surface area contributed by atoms with E-state index >= 15 is 0 Å². The summed E-state index contributed by atoms with van der Waals surface area (Å²) in [4.78, 5) is 7.72. The smallest absolute Gasteiger partial charge is 0.213 e. The molecule has 0 amide bonds. The van der Waals surface area contributed by atoms with Crippen molar-refractivity contribution in [3.63, 3.8) is 0 Å². The van der Waals surface area contributed by atoms with E-state index < -0.39 is 11.8 Å². The summed E-state index contributed by atoms with van der Waals surface area (Å²) < 4.78 is 32.6. The predicted molar refractivity (Wildman–Crippen MR) is 84.4 cm³/mol. The molecule has 0 aromatic carbocycles. The third kappa shape index (κ3) is 3.95. The molecule has 122 valence electrons. The number of nitrogens with zero attached hydrogens (tertiary/aromatic N) is 2. The van der Waals surface area contributed by atoms with Gasteiger partial charge in [-0.25, -0.2) is 14.4 Å². The van der Waals surface area contributed by atoms with Crippen LogP contribution in [-0.4, -0.2) is 29.7 Å². The highest BCUT2D eigenvalue weighted by Crippen LogP contribution is 2.29. The number of aromatic nitrogens is 2. The molecular formula is C16H16ClF2N3O. The van der Waals surface area contributed by atoms with E-state index in [2.05, 4.69) is 15.3 Å². The van der Waals surface area contributed by atoms with E-state index in [1.165, 1.54) is 18.3 Å². The largest absolute Gasteiger partial charge is 0.381 e. The van der Waals surface area contributed by atoms with Gasteiger partial charge in [0, 0.05) is 37.6 Å². The summed E-state index contributed by atoms with van der Waals surface area (Å²) >= 11 is 6.05. The maximum absolute atomic E-state index is 14.1. The van der Waals surface area contributed by atoms with Crippen molar-refractivity contribution in [3.8, 4) is 11.3 Å². The molecule has 4 nitrogen and oxygen atoms in total. The minimum absolute atomic E-state index is 0.119. The average Bonchev–Trinajstić information content (AvgIpc) is 2.55. The Balaban J connectivity index is 1.81. The first kappa shape index (κ1) is 16.1. The fraction of sp³-hybridized carbons (Fsp3) is 0.375. The zero-order chi connectivity index (χ0) is 16.2. The number of hydrogen-bond acceptors (Lipinski definition) is 4. The van der Waals surface area contributed by atoms with Gasteiger partial charge in [0.25, 0.3) is 0 Å². The summed E-state index contributed by atoms with van der Waals surface area (Å²) in [5, 5.41) is 3.15. The summed E-state index contributed by atoms with van der Waals surface area (Å²) in [6.45, 7) is 2.06. The van der Waals surface area contributed by atoms with Gasteiger partial charge in [-0.2, -0.15) is 4.39 Å². The molecule has 1 fully saturated rings. The van der Waals surface area contributed by atoms with Crippen molar-refractivity contribution in [2.24, 2.45) is 5.92 Å². The third-order valence-electron chi connectivity index (χ3n) is 3.83. The first-order valence-corrected chi connectivity index (χ1v) is 7.81. The number of nitrogens with one attached hydrogen (secondary N) is 1. The van der Waals surface area contributed by atoms with Crippen LogP contribution < -0.4 is 5.32 Å². The molecule has 0 bridgehead atoms. The van der Waals surface area contributed by atoms with Crippen LogP contribution in [0.3, 0.4) is 0 Å². The molecule has 3 rings (SSSR count). The molecular weight excluding hydrogens is 324 g/mol. The zero-order valence-electron chi connectivity index (χ0n) is 12.4. The van der Waals surface area contributed by atoms with Gasteiger partial charge < -0.3 is 10.1 Å². The Morgan fingerprint density at radius 3 is 2.78 bits per heavy atom. The summed E-state index contributed by atoms with van der Waals surface area (Å²) in [5.74, 6) is -0.627. The Labute approximate surface area is 137 Å². The minimum atomic E-state index is -0.638. The number of pyridine rings is 2. The maximum atomic E-state index is 14.1. The quantitative estimate of drug-likeness (QED) is 0.858. The van der Waals surface area contributed by atoms with Crippen molar-refractivity contribution >= 4 is 17.4 Å². The Morgan fingerprint density at radius 2 is 2.04 bits per heavy atom. The fourth-order valence-corrected chi connectivity index (χ4v) is 2.78. The molecule has 0 saturated carbocycles. The normalized spacial score (nSPS) is 15.6. The second-order valence-electron chi connectivity index (χ2n) is 5.45. The summed E-state index contributed by atoms with van der Waals surface area (Å²) in [6.07, 6.45) is 3.19. The first-order chi connectivity index (χ1) is 11.1. The number of rotatable bonds is 4. The van der Waals surface area contributed by atoms with Crippen LogP contribution in [0.4, 0.5) is 14.6 Å². The van der Waals surface area contributed by atoms with Gasteiger partial charge >= 0.3 is 0 Å². The van der Waals surface area contributed by atoms with Crippen molar-refractivity contribution < 1.29 is 13.5 Å². The second-order valence-corrected chi connectivity index (χ2v) is 5.86. The van der Waals surface area contributed by atoms with Crippen LogP contribution in [0.25, 0.3) is 11.3 Å². The van der Waals surface area contributed by atoms with E-state index in [1.54, 1.807) is 6.07 Å². The number of ether oxygens (including phenoxy) is 1. The summed E-state index contributed by atoms with van der Waals surface area (Å²) in [7, 11) is 0. The molecule has 0 aliphatic carbocycles. The Hall–Kier alpha value is -1.79. The fourth-order valence-electron chi connectivity index (χ4n) is 2.53. The molecule has 0 unspecified atom stereocenters. The van der Waals surface area contributed by atoms with E-state index in [4.69, 9.17) is 16.3 Å². The van der Waals surface area contributed by atoms with Gasteiger partial charge in [0.05, 0.1) is 10.7 Å². The summed E-state index contributed by atoms with van der Waals surface area (Å²) in [6, 6.07) is 3.99. The van der Waals surface area contributed by atoms with Crippen molar-refractivity contribution in [1.82, 2.24) is 9.97 Å². The molecule has 2 aromatic heterocycles. The van der Waals surface area contributed by atoms with Crippen LogP contribution in [0.2, 0.25) is 5.02 Å². The zero-order valence-corrected chi connectivity index (χ0v) is 13.1. The van der Waals surface area contributed by atoms with Crippen molar-refractivity contribution in [2.75, 3.05) is 25.1 Å². The van der Waals surface area contributed by atoms with Gasteiger partial charge in [-0.3, -0.25) is 0 Å². The second kappa shape index (κ2) is 7.19. The van der Waals surface area contributed by atoms with Crippen LogP contribution >= 0.6 is 11.6 Å².